The van der Waals surface area contributed by atoms with Crippen LogP contribution >= 0.6 is 0 Å². The lowest BCUT2D eigenvalue weighted by Crippen LogP contribution is -2.38. The third-order valence-electron chi connectivity index (χ3n) is 4.29. The molecule has 0 atom stereocenters. The zero-order valence-electron chi connectivity index (χ0n) is 12.2. The Morgan fingerprint density at radius 3 is 2.33 bits per heavy atom. The number of aryl methyl sites for hydroxylation is 2. The van der Waals surface area contributed by atoms with Crippen LogP contribution in [0.25, 0.3) is 27.4 Å². The first-order chi connectivity index (χ1) is 10.3. The molecule has 4 rings (SSSR count). The predicted octanol–water partition coefficient (Wildman–Crippen LogP) is 3.92. The van der Waals surface area contributed by atoms with Crippen molar-refractivity contribution in [1.82, 2.24) is 4.68 Å². The molecule has 0 N–H and O–H groups in total. The van der Waals surface area contributed by atoms with E-state index in [1.54, 1.807) is 0 Å². The Morgan fingerprint density at radius 2 is 1.52 bits per heavy atom. The minimum absolute atomic E-state index is 1.23. The molecule has 102 valence electrons. The van der Waals surface area contributed by atoms with Crippen LogP contribution in [0, 0.1) is 6.92 Å². The van der Waals surface area contributed by atoms with Gasteiger partial charge in [0.15, 0.2) is 7.05 Å². The van der Waals surface area contributed by atoms with Gasteiger partial charge in [-0.15, -0.1) is 9.36 Å². The summed E-state index contributed by atoms with van der Waals surface area (Å²) in [5, 5.41) is 3.86. The molecule has 4 aromatic rings. The average Bonchev–Trinajstić information content (AvgIpc) is 2.85. The Kier molecular flexibility index (Phi) is 2.58. The lowest BCUT2D eigenvalue weighted by atomic mass is 10.0. The zero-order chi connectivity index (χ0) is 14.4. The second-order valence-corrected chi connectivity index (χ2v) is 5.49. The van der Waals surface area contributed by atoms with Gasteiger partial charge < -0.3 is 0 Å². The van der Waals surface area contributed by atoms with E-state index in [0.717, 1.165) is 0 Å². The van der Waals surface area contributed by atoms with E-state index in [4.69, 9.17) is 0 Å². The monoisotopic (exact) mass is 273 g/mol. The highest BCUT2D eigenvalue weighted by Gasteiger charge is 2.16. The van der Waals surface area contributed by atoms with Crippen LogP contribution in [0.1, 0.15) is 5.56 Å². The maximum absolute atomic E-state index is 2.23. The quantitative estimate of drug-likeness (QED) is 0.465. The number of rotatable bonds is 1. The molecule has 0 unspecified atom stereocenters. The van der Waals surface area contributed by atoms with Crippen molar-refractivity contribution in [3.63, 3.8) is 0 Å². The third-order valence-corrected chi connectivity index (χ3v) is 4.29. The molecule has 0 radical (unpaired) electrons. The first-order valence-corrected chi connectivity index (χ1v) is 7.21. The number of aromatic nitrogens is 2. The molecule has 0 aliphatic carbocycles. The largest absolute Gasteiger partial charge is 0.238 e. The molecule has 0 fully saturated rings. The molecule has 0 aliphatic rings. The summed E-state index contributed by atoms with van der Waals surface area (Å²) in [6, 6.07) is 21.4. The van der Waals surface area contributed by atoms with Gasteiger partial charge in [0.25, 0.3) is 0 Å². The maximum atomic E-state index is 2.23. The van der Waals surface area contributed by atoms with E-state index in [2.05, 4.69) is 90.2 Å². The molecule has 0 amide bonds. The van der Waals surface area contributed by atoms with Gasteiger partial charge in [0.1, 0.15) is 5.69 Å². The van der Waals surface area contributed by atoms with Crippen molar-refractivity contribution < 1.29 is 4.68 Å². The van der Waals surface area contributed by atoms with E-state index in [1.807, 2.05) is 0 Å². The first kappa shape index (κ1) is 12.2. The molecule has 2 nitrogen and oxygen atoms in total. The number of hydrogen-bond donors (Lipinski definition) is 0. The smallest absolute Gasteiger partial charge is 0.127 e. The van der Waals surface area contributed by atoms with Crippen LogP contribution in [0.4, 0.5) is 0 Å². The topological polar surface area (TPSA) is 8.81 Å². The SMILES string of the molecule is Cc1c(-n2cc3ccccc3[n+]2C)ccc2ccccc12. The summed E-state index contributed by atoms with van der Waals surface area (Å²) in [4.78, 5) is 0. The Balaban J connectivity index is 2.04. The number of para-hydroxylation sites is 1. The molecule has 0 spiro atoms. The Labute approximate surface area is 123 Å². The van der Waals surface area contributed by atoms with Gasteiger partial charge in [0.05, 0.1) is 11.6 Å². The van der Waals surface area contributed by atoms with Crippen molar-refractivity contribution in [2.24, 2.45) is 7.05 Å². The maximum Gasteiger partial charge on any atom is 0.238 e. The predicted molar refractivity (Wildman–Crippen MR) is 86.7 cm³/mol. The molecule has 0 bridgehead atoms. The summed E-state index contributed by atoms with van der Waals surface area (Å²) >= 11 is 0. The molecule has 21 heavy (non-hydrogen) atoms. The van der Waals surface area contributed by atoms with Gasteiger partial charge in [-0.2, -0.15) is 0 Å². The molecule has 2 heteroatoms. The highest BCUT2D eigenvalue weighted by Crippen LogP contribution is 2.24. The number of benzene rings is 3. The fourth-order valence-corrected chi connectivity index (χ4v) is 3.12. The summed E-state index contributed by atoms with van der Waals surface area (Å²) in [5.41, 5.74) is 3.78. The Bertz CT molecular complexity index is 964. The van der Waals surface area contributed by atoms with Crippen LogP contribution in [0.5, 0.6) is 0 Å². The number of nitrogens with zero attached hydrogens (tertiary/aromatic N) is 2. The van der Waals surface area contributed by atoms with Gasteiger partial charge in [-0.25, -0.2) is 0 Å². The second-order valence-electron chi connectivity index (χ2n) is 5.49. The van der Waals surface area contributed by atoms with Gasteiger partial charge in [0.2, 0.25) is 5.52 Å². The minimum atomic E-state index is 1.23. The van der Waals surface area contributed by atoms with Crippen LogP contribution in [0.2, 0.25) is 0 Å². The fourth-order valence-electron chi connectivity index (χ4n) is 3.12. The fraction of sp³-hybridized carbons (Fsp3) is 0.105. The van der Waals surface area contributed by atoms with Crippen LogP contribution < -0.4 is 4.68 Å². The minimum Gasteiger partial charge on any atom is -0.127 e. The molecule has 0 saturated heterocycles. The Morgan fingerprint density at radius 1 is 0.810 bits per heavy atom. The van der Waals surface area contributed by atoms with Crippen LogP contribution in [0.3, 0.4) is 0 Å². The highest BCUT2D eigenvalue weighted by atomic mass is 15.4. The van der Waals surface area contributed by atoms with E-state index < -0.39 is 0 Å². The number of hydrogen-bond acceptors (Lipinski definition) is 0. The molecule has 0 aliphatic heterocycles. The van der Waals surface area contributed by atoms with E-state index in [9.17, 15) is 0 Å². The standard InChI is InChI=1S/C19H17N2/c1-14-17-9-5-3-7-15(17)11-12-18(14)21-13-16-8-4-6-10-19(16)20(21)2/h3-13H,1-2H3/q+1. The lowest BCUT2D eigenvalue weighted by molar-refractivity contribution is -0.720. The average molecular weight is 273 g/mol. The summed E-state index contributed by atoms with van der Waals surface area (Å²) in [5.74, 6) is 0. The number of fused-ring (bicyclic) bond motifs is 2. The van der Waals surface area contributed by atoms with Gasteiger partial charge in [-0.05, 0) is 35.4 Å². The van der Waals surface area contributed by atoms with Crippen molar-refractivity contribution in [3.8, 4) is 5.69 Å². The molecule has 3 aromatic carbocycles. The molecule has 1 aromatic heterocycles. The molecular weight excluding hydrogens is 256 g/mol. The van der Waals surface area contributed by atoms with Crippen molar-refractivity contribution >= 4 is 21.7 Å². The highest BCUT2D eigenvalue weighted by molar-refractivity contribution is 5.88. The third kappa shape index (κ3) is 1.76. The van der Waals surface area contributed by atoms with Gasteiger partial charge >= 0.3 is 0 Å². The van der Waals surface area contributed by atoms with Crippen LogP contribution in [0.15, 0.2) is 66.9 Å². The summed E-state index contributed by atoms with van der Waals surface area (Å²) in [6.45, 7) is 2.20. The van der Waals surface area contributed by atoms with Gasteiger partial charge in [0, 0.05) is 6.07 Å². The Hall–Kier alpha value is -2.61. The van der Waals surface area contributed by atoms with Crippen molar-refractivity contribution in [3.05, 3.63) is 72.4 Å². The van der Waals surface area contributed by atoms with Gasteiger partial charge in [-0.3, -0.25) is 0 Å². The van der Waals surface area contributed by atoms with E-state index in [-0.39, 0.29) is 0 Å². The molecule has 0 saturated carbocycles. The van der Waals surface area contributed by atoms with Crippen molar-refractivity contribution in [2.75, 3.05) is 0 Å². The first-order valence-electron chi connectivity index (χ1n) is 7.21. The second kappa shape index (κ2) is 4.45. The van der Waals surface area contributed by atoms with Crippen LogP contribution in [-0.2, 0) is 7.05 Å². The normalized spacial score (nSPS) is 11.3. The summed E-state index contributed by atoms with van der Waals surface area (Å²) in [6.07, 6.45) is 2.20. The van der Waals surface area contributed by atoms with Crippen molar-refractivity contribution in [1.29, 1.82) is 0 Å². The van der Waals surface area contributed by atoms with Crippen molar-refractivity contribution in [2.45, 2.75) is 6.92 Å². The summed E-state index contributed by atoms with van der Waals surface area (Å²) < 4.78 is 4.43. The summed E-state index contributed by atoms with van der Waals surface area (Å²) in [7, 11) is 2.11. The van der Waals surface area contributed by atoms with E-state index in [1.165, 1.54) is 32.9 Å². The van der Waals surface area contributed by atoms with Crippen LogP contribution in [-0.4, -0.2) is 4.68 Å². The van der Waals surface area contributed by atoms with E-state index in [0.29, 0.717) is 0 Å². The molecular formula is C19H17N2+. The lowest BCUT2D eigenvalue weighted by Gasteiger charge is -2.08. The molecule has 1 heterocycles. The van der Waals surface area contributed by atoms with Gasteiger partial charge in [-0.1, -0.05) is 42.5 Å². The zero-order valence-corrected chi connectivity index (χ0v) is 12.2. The van der Waals surface area contributed by atoms with E-state index >= 15 is 0 Å².